The zero-order valence-corrected chi connectivity index (χ0v) is 18.1. The Kier molecular flexibility index (Phi) is 6.01. The number of benzene rings is 2. The average molecular weight is 482 g/mol. The Labute approximate surface area is 191 Å². The van der Waals surface area contributed by atoms with Crippen molar-refractivity contribution in [1.29, 1.82) is 0 Å². The first-order valence-electron chi connectivity index (χ1n) is 8.60. The molecule has 2 aromatic carbocycles. The van der Waals surface area contributed by atoms with Gasteiger partial charge >= 0.3 is 0 Å². The van der Waals surface area contributed by atoms with E-state index in [9.17, 15) is 4.79 Å². The molecule has 0 aliphatic carbocycles. The van der Waals surface area contributed by atoms with E-state index >= 15 is 0 Å². The van der Waals surface area contributed by atoms with Crippen LogP contribution >= 0.6 is 46.4 Å². The van der Waals surface area contributed by atoms with Crippen LogP contribution in [0.3, 0.4) is 0 Å². The molecule has 6 nitrogen and oxygen atoms in total. The van der Waals surface area contributed by atoms with E-state index in [-0.39, 0.29) is 11.5 Å². The third kappa shape index (κ3) is 4.63. The Balaban J connectivity index is 1.48. The lowest BCUT2D eigenvalue weighted by molar-refractivity contribution is 0.101. The molecule has 1 N–H and O–H groups in total. The normalized spacial score (nSPS) is 10.9. The van der Waals surface area contributed by atoms with Crippen LogP contribution in [0.15, 0.2) is 59.3 Å². The van der Waals surface area contributed by atoms with E-state index in [0.717, 1.165) is 5.56 Å². The molecule has 0 fully saturated rings. The largest absolute Gasteiger partial charge is 0.355 e. The van der Waals surface area contributed by atoms with Crippen LogP contribution in [0.25, 0.3) is 11.3 Å². The van der Waals surface area contributed by atoms with Crippen LogP contribution in [0, 0.1) is 0 Å². The summed E-state index contributed by atoms with van der Waals surface area (Å²) in [6.45, 7) is 0.468. The lowest BCUT2D eigenvalue weighted by Gasteiger charge is -2.02. The van der Waals surface area contributed by atoms with Crippen LogP contribution in [0.5, 0.6) is 0 Å². The van der Waals surface area contributed by atoms with Crippen molar-refractivity contribution in [3.8, 4) is 11.3 Å². The number of hydrogen-bond acceptors (Lipinski definition) is 4. The molecular formula is C20H12Cl4N4O2. The molecule has 0 spiro atoms. The van der Waals surface area contributed by atoms with Gasteiger partial charge in [-0.1, -0.05) is 63.7 Å². The van der Waals surface area contributed by atoms with E-state index in [2.05, 4.69) is 15.6 Å². The van der Waals surface area contributed by atoms with E-state index in [0.29, 0.717) is 38.0 Å². The molecule has 0 aliphatic heterocycles. The lowest BCUT2D eigenvalue weighted by atomic mass is 10.1. The smallest absolute Gasteiger partial charge is 0.279 e. The third-order valence-electron chi connectivity index (χ3n) is 4.15. The summed E-state index contributed by atoms with van der Waals surface area (Å²) in [4.78, 5) is 12.5. The highest BCUT2D eigenvalue weighted by atomic mass is 35.5. The number of nitrogens with one attached hydrogen (secondary N) is 1. The zero-order valence-electron chi connectivity index (χ0n) is 15.1. The molecule has 30 heavy (non-hydrogen) atoms. The number of halogens is 4. The van der Waals surface area contributed by atoms with Crippen LogP contribution in [0.4, 0.5) is 5.82 Å². The van der Waals surface area contributed by atoms with Crippen LogP contribution < -0.4 is 5.32 Å². The zero-order chi connectivity index (χ0) is 21.3. The molecule has 2 aromatic heterocycles. The van der Waals surface area contributed by atoms with Gasteiger partial charge in [-0.25, -0.2) is 0 Å². The van der Waals surface area contributed by atoms with Crippen LogP contribution in [-0.4, -0.2) is 20.8 Å². The second-order valence-electron chi connectivity index (χ2n) is 6.30. The molecule has 152 valence electrons. The van der Waals surface area contributed by atoms with Gasteiger partial charge in [-0.3, -0.25) is 9.48 Å². The van der Waals surface area contributed by atoms with Crippen molar-refractivity contribution in [2.24, 2.45) is 0 Å². The molecule has 10 heteroatoms. The average Bonchev–Trinajstić information content (AvgIpc) is 3.31. The maximum Gasteiger partial charge on any atom is 0.279 e. The molecule has 0 saturated carbocycles. The van der Waals surface area contributed by atoms with Gasteiger partial charge in [0.15, 0.2) is 17.3 Å². The van der Waals surface area contributed by atoms with Crippen LogP contribution in [0.2, 0.25) is 20.1 Å². The fraction of sp³-hybridized carbons (Fsp3) is 0.0500. The number of anilines is 1. The topological polar surface area (TPSA) is 73.0 Å². The summed E-state index contributed by atoms with van der Waals surface area (Å²) in [6, 6.07) is 13.8. The molecule has 4 rings (SSSR count). The molecule has 2 heterocycles. The van der Waals surface area contributed by atoms with Crippen LogP contribution in [-0.2, 0) is 6.54 Å². The standard InChI is InChI=1S/C20H12Cl4N4O2/c21-12-3-1-11(2-4-12)9-28-10-16(24)19(26-28)25-20(29)17-8-18(30-27-17)14-6-5-13(22)7-15(14)23/h1-8,10H,9H2,(H,25,26,29). The summed E-state index contributed by atoms with van der Waals surface area (Å²) < 4.78 is 6.86. The van der Waals surface area contributed by atoms with E-state index in [1.165, 1.54) is 6.07 Å². The van der Waals surface area contributed by atoms with Crippen molar-refractivity contribution in [2.75, 3.05) is 5.32 Å². The van der Waals surface area contributed by atoms with Crippen molar-refractivity contribution >= 4 is 58.1 Å². The molecular weight excluding hydrogens is 470 g/mol. The second kappa shape index (κ2) is 8.70. The predicted octanol–water partition coefficient (Wildman–Crippen LogP) is 6.45. The van der Waals surface area contributed by atoms with Crippen LogP contribution in [0.1, 0.15) is 16.1 Å². The summed E-state index contributed by atoms with van der Waals surface area (Å²) in [6.07, 6.45) is 1.62. The minimum Gasteiger partial charge on any atom is -0.355 e. The molecule has 0 bridgehead atoms. The highest BCUT2D eigenvalue weighted by molar-refractivity contribution is 6.36. The summed E-state index contributed by atoms with van der Waals surface area (Å²) in [5.41, 5.74) is 1.61. The summed E-state index contributed by atoms with van der Waals surface area (Å²) in [7, 11) is 0. The molecule has 0 atom stereocenters. The van der Waals surface area contributed by atoms with E-state index in [4.69, 9.17) is 50.9 Å². The monoisotopic (exact) mass is 480 g/mol. The molecule has 4 aromatic rings. The first-order valence-corrected chi connectivity index (χ1v) is 10.1. The molecule has 0 radical (unpaired) electrons. The van der Waals surface area contributed by atoms with Gasteiger partial charge in [-0.2, -0.15) is 5.10 Å². The number of rotatable bonds is 5. The van der Waals surface area contributed by atoms with Gasteiger partial charge < -0.3 is 9.84 Å². The Hall–Kier alpha value is -2.51. The minimum atomic E-state index is -0.520. The van der Waals surface area contributed by atoms with Crippen molar-refractivity contribution in [3.63, 3.8) is 0 Å². The quantitative estimate of drug-likeness (QED) is 0.355. The van der Waals surface area contributed by atoms with E-state index in [1.807, 2.05) is 12.1 Å². The molecule has 0 saturated heterocycles. The summed E-state index contributed by atoms with van der Waals surface area (Å²) >= 11 is 24.2. The third-order valence-corrected chi connectivity index (χ3v) is 5.22. The fourth-order valence-corrected chi connectivity index (χ4v) is 3.53. The first kappa shape index (κ1) is 20.8. The fourth-order valence-electron chi connectivity index (χ4n) is 2.71. The maximum atomic E-state index is 12.5. The Morgan fingerprint density at radius 1 is 0.967 bits per heavy atom. The van der Waals surface area contributed by atoms with Gasteiger partial charge in [-0.05, 0) is 35.9 Å². The molecule has 1 amide bonds. The first-order chi connectivity index (χ1) is 14.4. The van der Waals surface area contributed by atoms with Gasteiger partial charge in [0.05, 0.1) is 11.6 Å². The molecule has 0 unspecified atom stereocenters. The molecule has 0 aliphatic rings. The number of amides is 1. The number of hydrogen-bond donors (Lipinski definition) is 1. The van der Waals surface area contributed by atoms with Gasteiger partial charge in [0, 0.05) is 27.9 Å². The number of nitrogens with zero attached hydrogens (tertiary/aromatic N) is 3. The van der Waals surface area contributed by atoms with Gasteiger partial charge in [-0.15, -0.1) is 0 Å². The van der Waals surface area contributed by atoms with E-state index in [1.54, 1.807) is 41.2 Å². The second-order valence-corrected chi connectivity index (χ2v) is 7.99. The highest BCUT2D eigenvalue weighted by Gasteiger charge is 2.18. The summed E-state index contributed by atoms with van der Waals surface area (Å²) in [5.74, 6) is 0.0274. The SMILES string of the molecule is O=C(Nc1nn(Cc2ccc(Cl)cc2)cc1Cl)c1cc(-c2ccc(Cl)cc2Cl)on1. The van der Waals surface area contributed by atoms with Crippen molar-refractivity contribution in [3.05, 3.63) is 86.1 Å². The Morgan fingerprint density at radius 2 is 1.70 bits per heavy atom. The van der Waals surface area contributed by atoms with E-state index < -0.39 is 5.91 Å². The maximum absolute atomic E-state index is 12.5. The summed E-state index contributed by atoms with van der Waals surface area (Å²) in [5, 5.41) is 12.6. The van der Waals surface area contributed by atoms with Gasteiger partial charge in [0.25, 0.3) is 5.91 Å². The Bertz CT molecular complexity index is 1220. The number of aromatic nitrogens is 3. The van der Waals surface area contributed by atoms with Gasteiger partial charge in [0.2, 0.25) is 0 Å². The predicted molar refractivity (Wildman–Crippen MR) is 118 cm³/mol. The number of carbonyl (C=O) groups is 1. The Morgan fingerprint density at radius 3 is 2.43 bits per heavy atom. The number of carbonyl (C=O) groups excluding carboxylic acids is 1. The van der Waals surface area contributed by atoms with Crippen molar-refractivity contribution in [1.82, 2.24) is 14.9 Å². The lowest BCUT2D eigenvalue weighted by Crippen LogP contribution is -2.13. The van der Waals surface area contributed by atoms with Crippen molar-refractivity contribution < 1.29 is 9.32 Å². The van der Waals surface area contributed by atoms with Crippen molar-refractivity contribution in [2.45, 2.75) is 6.54 Å². The minimum absolute atomic E-state index is 0.0549. The van der Waals surface area contributed by atoms with Gasteiger partial charge in [0.1, 0.15) is 5.02 Å². The highest BCUT2D eigenvalue weighted by Crippen LogP contribution is 2.31.